The van der Waals surface area contributed by atoms with Crippen LogP contribution < -0.4 is 16.0 Å². The number of amides is 1. The molecule has 0 aliphatic carbocycles. The maximum atomic E-state index is 12.5. The van der Waals surface area contributed by atoms with Gasteiger partial charge < -0.3 is 16.0 Å². The minimum atomic E-state index is -3.94. The van der Waals surface area contributed by atoms with Gasteiger partial charge in [-0.1, -0.05) is 29.8 Å². The summed E-state index contributed by atoms with van der Waals surface area (Å²) in [5.74, 6) is -0.324. The third-order valence-corrected chi connectivity index (χ3v) is 7.28. The molecule has 1 amide bonds. The van der Waals surface area contributed by atoms with Gasteiger partial charge in [0, 0.05) is 16.9 Å². The number of nitrogens with two attached hydrogens (primary N) is 1. The highest BCUT2D eigenvalue weighted by Crippen LogP contribution is 2.29. The van der Waals surface area contributed by atoms with E-state index in [9.17, 15) is 13.2 Å². The van der Waals surface area contributed by atoms with Crippen molar-refractivity contribution in [3.8, 4) is 0 Å². The molecule has 0 fully saturated rings. The summed E-state index contributed by atoms with van der Waals surface area (Å²) < 4.78 is 28.4. The molecule has 0 radical (unpaired) electrons. The molecule has 0 spiro atoms. The predicted octanol–water partition coefficient (Wildman–Crippen LogP) is 3.68. The lowest BCUT2D eigenvalue weighted by atomic mass is 10.1. The van der Waals surface area contributed by atoms with Gasteiger partial charge in [-0.15, -0.1) is 15.7 Å². The van der Waals surface area contributed by atoms with E-state index in [1.807, 2.05) is 24.3 Å². The van der Waals surface area contributed by atoms with Crippen LogP contribution in [0.4, 0.5) is 11.4 Å². The quantitative estimate of drug-likeness (QED) is 0.470. The van der Waals surface area contributed by atoms with Gasteiger partial charge in [0.1, 0.15) is 4.21 Å². The maximum Gasteiger partial charge on any atom is 0.295 e. The van der Waals surface area contributed by atoms with E-state index in [4.69, 9.17) is 17.3 Å². The minimum absolute atomic E-state index is 0.00899. The van der Waals surface area contributed by atoms with E-state index >= 15 is 0 Å². The highest BCUT2D eigenvalue weighted by Gasteiger charge is 2.27. The van der Waals surface area contributed by atoms with Crippen molar-refractivity contribution >= 4 is 56.2 Å². The van der Waals surface area contributed by atoms with Gasteiger partial charge in [-0.2, -0.15) is 8.42 Å². The van der Waals surface area contributed by atoms with E-state index in [0.717, 1.165) is 22.6 Å². The molecule has 0 saturated heterocycles. The number of nitrogens with one attached hydrogen (secondary N) is 1. The molecule has 10 heteroatoms. The van der Waals surface area contributed by atoms with Gasteiger partial charge in [0.15, 0.2) is 0 Å². The summed E-state index contributed by atoms with van der Waals surface area (Å²) in [6, 6.07) is 17.3. The Balaban J connectivity index is 1.48. The van der Waals surface area contributed by atoms with Gasteiger partial charge in [0.05, 0.1) is 10.9 Å². The lowest BCUT2D eigenvalue weighted by molar-refractivity contribution is 0.0996. The average Bonchev–Trinajstić information content (AvgIpc) is 3.27. The Morgan fingerprint density at radius 2 is 1.83 bits per heavy atom. The molecule has 3 N–H and O–H groups in total. The number of thiophene rings is 1. The Morgan fingerprint density at radius 1 is 1.10 bits per heavy atom. The number of halogens is 1. The number of nitrogens with zero attached hydrogens (tertiary/aromatic N) is 2. The van der Waals surface area contributed by atoms with Crippen molar-refractivity contribution in [2.45, 2.75) is 10.8 Å². The fourth-order valence-electron chi connectivity index (χ4n) is 2.97. The fourth-order valence-corrected chi connectivity index (χ4v) is 5.32. The second-order valence-corrected chi connectivity index (χ2v) is 9.78. The van der Waals surface area contributed by atoms with Crippen LogP contribution in [0.25, 0.3) is 0 Å². The molecule has 0 saturated carbocycles. The summed E-state index contributed by atoms with van der Waals surface area (Å²) in [6.07, 6.45) is 0. The Hall–Kier alpha value is -2.88. The first-order valence-corrected chi connectivity index (χ1v) is 11.1. The van der Waals surface area contributed by atoms with Gasteiger partial charge in [0.25, 0.3) is 15.9 Å². The van der Waals surface area contributed by atoms with Crippen molar-refractivity contribution < 1.29 is 13.2 Å². The van der Waals surface area contributed by atoms with Crippen LogP contribution in [-0.4, -0.2) is 20.3 Å². The van der Waals surface area contributed by atoms with Gasteiger partial charge in [0.2, 0.25) is 5.96 Å². The number of sulfonamides is 1. The lowest BCUT2D eigenvalue weighted by Crippen LogP contribution is -2.24. The zero-order chi connectivity index (χ0) is 20.6. The van der Waals surface area contributed by atoms with Gasteiger partial charge in [-0.25, -0.2) is 0 Å². The number of fused-ring (bicyclic) bond motifs is 1. The first-order valence-electron chi connectivity index (χ1n) is 8.46. The number of hydrogen-bond donors (Lipinski definition) is 2. The normalized spacial score (nSPS) is 14.2. The summed E-state index contributed by atoms with van der Waals surface area (Å²) >= 11 is 6.68. The second-order valence-electron chi connectivity index (χ2n) is 6.23. The van der Waals surface area contributed by atoms with Crippen LogP contribution in [-0.2, 0) is 16.6 Å². The smallest absolute Gasteiger partial charge is 0.295 e. The van der Waals surface area contributed by atoms with Crippen molar-refractivity contribution in [2.24, 2.45) is 10.1 Å². The molecule has 7 nitrogen and oxygen atoms in total. The van der Waals surface area contributed by atoms with Gasteiger partial charge >= 0.3 is 0 Å². The molecule has 4 rings (SSSR count). The Labute approximate surface area is 176 Å². The standard InChI is InChI=1S/C19H15ClN4O3S2/c20-16-9-10-17(28-16)29(26,27)23-19(21)22-13-5-7-14(8-6-13)24-11-12-3-1-2-4-15(12)18(24)25/h1-10H,11H2,(H3,21,22,23). The van der Waals surface area contributed by atoms with Crippen LogP contribution >= 0.6 is 22.9 Å². The molecule has 0 bridgehead atoms. The molecule has 29 heavy (non-hydrogen) atoms. The highest BCUT2D eigenvalue weighted by atomic mass is 35.5. The van der Waals surface area contributed by atoms with Crippen molar-refractivity contribution in [3.05, 3.63) is 76.1 Å². The number of carbonyl (C=O) groups excluding carboxylic acids is 1. The first-order chi connectivity index (χ1) is 13.8. The number of guanidine groups is 1. The van der Waals surface area contributed by atoms with E-state index in [1.54, 1.807) is 29.2 Å². The molecule has 1 aliphatic rings. The van der Waals surface area contributed by atoms with Crippen molar-refractivity contribution in [2.75, 3.05) is 10.2 Å². The molecule has 0 atom stereocenters. The Kier molecular flexibility index (Phi) is 5.03. The van der Waals surface area contributed by atoms with E-state index in [2.05, 4.69) is 9.71 Å². The van der Waals surface area contributed by atoms with E-state index < -0.39 is 10.0 Å². The van der Waals surface area contributed by atoms with Crippen molar-refractivity contribution in [3.63, 3.8) is 0 Å². The van der Waals surface area contributed by atoms with Crippen molar-refractivity contribution in [1.29, 1.82) is 0 Å². The highest BCUT2D eigenvalue weighted by molar-refractivity contribution is 7.92. The first kappa shape index (κ1) is 19.4. The number of anilines is 2. The largest absolute Gasteiger partial charge is 0.369 e. The monoisotopic (exact) mass is 446 g/mol. The number of hydrogen-bond acceptors (Lipinski definition) is 4. The second kappa shape index (κ2) is 7.51. The third-order valence-electron chi connectivity index (χ3n) is 4.29. The van der Waals surface area contributed by atoms with Crippen LogP contribution in [0.3, 0.4) is 0 Å². The van der Waals surface area contributed by atoms with E-state index in [0.29, 0.717) is 22.1 Å². The fraction of sp³-hybridized carbons (Fsp3) is 0.0526. The van der Waals surface area contributed by atoms with Crippen LogP contribution in [0.15, 0.2) is 69.3 Å². The van der Waals surface area contributed by atoms with E-state index in [1.165, 1.54) is 12.1 Å². The van der Waals surface area contributed by atoms with Crippen LogP contribution in [0.2, 0.25) is 4.34 Å². The molecule has 1 aliphatic heterocycles. The van der Waals surface area contributed by atoms with Crippen LogP contribution in [0, 0.1) is 0 Å². The summed E-state index contributed by atoms with van der Waals surface area (Å²) in [5.41, 5.74) is 8.69. The summed E-state index contributed by atoms with van der Waals surface area (Å²) in [7, 11) is -3.94. The maximum absolute atomic E-state index is 12.5. The zero-order valence-electron chi connectivity index (χ0n) is 14.9. The molecule has 2 heterocycles. The summed E-state index contributed by atoms with van der Waals surface area (Å²) in [6.45, 7) is 0.507. The van der Waals surface area contributed by atoms with Crippen LogP contribution in [0.5, 0.6) is 0 Å². The molecular weight excluding hydrogens is 432 g/mol. The number of carbonyl (C=O) groups is 1. The number of rotatable bonds is 4. The average molecular weight is 447 g/mol. The SMILES string of the molecule is N/C(=N/S(=O)(=O)c1ccc(Cl)s1)Nc1ccc(N2Cc3ccccc3C2=O)cc1. The van der Waals surface area contributed by atoms with Gasteiger partial charge in [-0.3, -0.25) is 4.79 Å². The summed E-state index contributed by atoms with van der Waals surface area (Å²) in [5, 5.41) is 2.74. The lowest BCUT2D eigenvalue weighted by Gasteiger charge is -2.16. The Bertz CT molecular complexity index is 1220. The zero-order valence-corrected chi connectivity index (χ0v) is 17.3. The van der Waals surface area contributed by atoms with Crippen LogP contribution in [0.1, 0.15) is 15.9 Å². The van der Waals surface area contributed by atoms with Gasteiger partial charge in [-0.05, 0) is 48.0 Å². The molecule has 3 aromatic rings. The summed E-state index contributed by atoms with van der Waals surface area (Å²) in [4.78, 5) is 14.2. The number of benzene rings is 2. The molecule has 0 unspecified atom stereocenters. The minimum Gasteiger partial charge on any atom is -0.369 e. The topological polar surface area (TPSA) is 105 Å². The van der Waals surface area contributed by atoms with E-state index in [-0.39, 0.29) is 16.1 Å². The molecule has 2 aromatic carbocycles. The Morgan fingerprint density at radius 3 is 2.48 bits per heavy atom. The molecule has 1 aromatic heterocycles. The molecular formula is C19H15ClN4O3S2. The van der Waals surface area contributed by atoms with Crippen molar-refractivity contribution in [1.82, 2.24) is 0 Å². The molecule has 148 valence electrons. The third kappa shape index (κ3) is 3.98. The predicted molar refractivity (Wildman–Crippen MR) is 115 cm³/mol.